The van der Waals surface area contributed by atoms with Gasteiger partial charge in [0.2, 0.25) is 5.91 Å². The van der Waals surface area contributed by atoms with Crippen LogP contribution in [0.4, 0.5) is 5.13 Å². The quantitative estimate of drug-likeness (QED) is 0.667. The van der Waals surface area contributed by atoms with E-state index in [0.717, 1.165) is 15.6 Å². The van der Waals surface area contributed by atoms with Gasteiger partial charge in [-0.05, 0) is 12.1 Å². The summed E-state index contributed by atoms with van der Waals surface area (Å²) in [4.78, 5) is 20.3. The van der Waals surface area contributed by atoms with Gasteiger partial charge in [0, 0.05) is 27.5 Å². The first kappa shape index (κ1) is 15.5. The van der Waals surface area contributed by atoms with Crippen LogP contribution >= 0.6 is 46.0 Å². The lowest BCUT2D eigenvalue weighted by atomic mass is 10.2. The van der Waals surface area contributed by atoms with Gasteiger partial charge in [-0.15, -0.1) is 22.7 Å². The normalized spacial score (nSPS) is 10.6. The number of nitrogens with zero attached hydrogens (tertiary/aromatic N) is 2. The maximum Gasteiger partial charge on any atom is 0.236 e. The van der Waals surface area contributed by atoms with Crippen molar-refractivity contribution in [3.05, 3.63) is 46.2 Å². The van der Waals surface area contributed by atoms with Gasteiger partial charge in [0.15, 0.2) is 9.47 Å². The SMILES string of the molecule is O=C(CSc1nc(-c2ccc(Cl)cc2)cs1)Nc1nccs1. The molecule has 0 unspecified atom stereocenters. The lowest BCUT2D eigenvalue weighted by Crippen LogP contribution is -2.13. The summed E-state index contributed by atoms with van der Waals surface area (Å²) in [5, 5.41) is 7.86. The number of carbonyl (C=O) groups excluding carboxylic acids is 1. The van der Waals surface area contributed by atoms with E-state index in [1.807, 2.05) is 35.0 Å². The van der Waals surface area contributed by atoms with Crippen molar-refractivity contribution >= 4 is 57.1 Å². The van der Waals surface area contributed by atoms with Gasteiger partial charge in [0.1, 0.15) is 0 Å². The molecule has 0 radical (unpaired) electrons. The molecular weight excluding hydrogens is 358 g/mol. The van der Waals surface area contributed by atoms with E-state index in [2.05, 4.69) is 15.3 Å². The maximum absolute atomic E-state index is 11.8. The average molecular weight is 368 g/mol. The van der Waals surface area contributed by atoms with Gasteiger partial charge in [-0.1, -0.05) is 35.5 Å². The molecule has 112 valence electrons. The van der Waals surface area contributed by atoms with Crippen LogP contribution in [0.3, 0.4) is 0 Å². The summed E-state index contributed by atoms with van der Waals surface area (Å²) in [6, 6.07) is 7.54. The third kappa shape index (κ3) is 4.07. The van der Waals surface area contributed by atoms with Crippen molar-refractivity contribution in [2.24, 2.45) is 0 Å². The first-order valence-corrected chi connectivity index (χ1v) is 9.36. The molecule has 2 heterocycles. The molecule has 0 aliphatic carbocycles. The van der Waals surface area contributed by atoms with Gasteiger partial charge in [-0.3, -0.25) is 4.79 Å². The molecule has 22 heavy (non-hydrogen) atoms. The van der Waals surface area contributed by atoms with E-state index >= 15 is 0 Å². The molecule has 0 fully saturated rings. The van der Waals surface area contributed by atoms with Crippen molar-refractivity contribution in [1.82, 2.24) is 9.97 Å². The van der Waals surface area contributed by atoms with Gasteiger partial charge in [0.25, 0.3) is 0 Å². The second kappa shape index (κ2) is 7.23. The predicted molar refractivity (Wildman–Crippen MR) is 94.0 cm³/mol. The van der Waals surface area contributed by atoms with Crippen molar-refractivity contribution in [3.63, 3.8) is 0 Å². The smallest absolute Gasteiger partial charge is 0.236 e. The summed E-state index contributed by atoms with van der Waals surface area (Å²) in [6.45, 7) is 0. The minimum atomic E-state index is -0.0804. The molecule has 0 atom stereocenters. The summed E-state index contributed by atoms with van der Waals surface area (Å²) in [6.07, 6.45) is 1.66. The Kier molecular flexibility index (Phi) is 5.09. The van der Waals surface area contributed by atoms with E-state index in [4.69, 9.17) is 11.6 Å². The van der Waals surface area contributed by atoms with Gasteiger partial charge >= 0.3 is 0 Å². The number of aromatic nitrogens is 2. The number of anilines is 1. The van der Waals surface area contributed by atoms with Crippen LogP contribution in [0, 0.1) is 0 Å². The van der Waals surface area contributed by atoms with Crippen molar-refractivity contribution in [1.29, 1.82) is 0 Å². The second-order valence-corrected chi connectivity index (χ2v) is 7.59. The molecule has 3 aromatic rings. The minimum absolute atomic E-state index is 0.0804. The lowest BCUT2D eigenvalue weighted by molar-refractivity contribution is -0.113. The Labute approximate surface area is 144 Å². The molecule has 0 spiro atoms. The van der Waals surface area contributed by atoms with Crippen molar-refractivity contribution in [2.45, 2.75) is 4.34 Å². The van der Waals surface area contributed by atoms with Crippen LogP contribution in [-0.4, -0.2) is 21.6 Å². The Balaban J connectivity index is 1.57. The number of hydrogen-bond acceptors (Lipinski definition) is 6. The minimum Gasteiger partial charge on any atom is -0.301 e. The maximum atomic E-state index is 11.8. The Morgan fingerprint density at radius 2 is 2.09 bits per heavy atom. The largest absolute Gasteiger partial charge is 0.301 e. The molecule has 0 aliphatic rings. The summed E-state index contributed by atoms with van der Waals surface area (Å²) < 4.78 is 0.860. The predicted octanol–water partition coefficient (Wildman–Crippen LogP) is 4.65. The van der Waals surface area contributed by atoms with Gasteiger partial charge < -0.3 is 5.32 Å². The van der Waals surface area contributed by atoms with E-state index in [0.29, 0.717) is 15.9 Å². The number of thioether (sulfide) groups is 1. The zero-order valence-electron chi connectivity index (χ0n) is 11.2. The molecule has 0 saturated carbocycles. The van der Waals surface area contributed by atoms with Crippen LogP contribution < -0.4 is 5.32 Å². The molecule has 3 rings (SSSR count). The van der Waals surface area contributed by atoms with Crippen LogP contribution in [0.5, 0.6) is 0 Å². The summed E-state index contributed by atoms with van der Waals surface area (Å²) in [5.41, 5.74) is 1.91. The molecule has 2 aromatic heterocycles. The van der Waals surface area contributed by atoms with Crippen LogP contribution in [0.15, 0.2) is 45.6 Å². The highest BCUT2D eigenvalue weighted by atomic mass is 35.5. The number of halogens is 1. The van der Waals surface area contributed by atoms with Crippen LogP contribution in [0.25, 0.3) is 11.3 Å². The van der Waals surface area contributed by atoms with Gasteiger partial charge in [0.05, 0.1) is 11.4 Å². The Hall–Kier alpha value is -1.41. The fourth-order valence-corrected chi connectivity index (χ4v) is 3.95. The second-order valence-electron chi connectivity index (χ2n) is 4.18. The number of thiazole rings is 2. The van der Waals surface area contributed by atoms with E-state index in [1.54, 1.807) is 6.20 Å². The number of rotatable bonds is 5. The molecule has 8 heteroatoms. The fraction of sp³-hybridized carbons (Fsp3) is 0.0714. The van der Waals surface area contributed by atoms with E-state index in [-0.39, 0.29) is 5.91 Å². The molecular formula is C14H10ClN3OS3. The molecule has 4 nitrogen and oxygen atoms in total. The summed E-state index contributed by atoms with van der Waals surface area (Å²) in [7, 11) is 0. The molecule has 0 saturated heterocycles. The number of carbonyl (C=O) groups is 1. The monoisotopic (exact) mass is 367 g/mol. The zero-order chi connectivity index (χ0) is 15.4. The summed E-state index contributed by atoms with van der Waals surface area (Å²) in [5.74, 6) is 0.232. The molecule has 1 amide bonds. The number of hydrogen-bond donors (Lipinski definition) is 1. The highest BCUT2D eigenvalue weighted by molar-refractivity contribution is 8.01. The van der Waals surface area contributed by atoms with Crippen LogP contribution in [0.1, 0.15) is 0 Å². The van der Waals surface area contributed by atoms with Crippen molar-refractivity contribution < 1.29 is 4.79 Å². The fourth-order valence-electron chi connectivity index (χ4n) is 1.64. The first-order valence-electron chi connectivity index (χ1n) is 6.24. The highest BCUT2D eigenvalue weighted by Gasteiger charge is 2.09. The van der Waals surface area contributed by atoms with E-state index < -0.39 is 0 Å². The Morgan fingerprint density at radius 3 is 2.82 bits per heavy atom. The average Bonchev–Trinajstić information content (AvgIpc) is 3.17. The Morgan fingerprint density at radius 1 is 1.27 bits per heavy atom. The number of amides is 1. The standard InChI is InChI=1S/C14H10ClN3OS3/c15-10-3-1-9(2-4-10)11-7-21-14(17-11)22-8-12(19)18-13-16-5-6-20-13/h1-7H,8H2,(H,16,18,19). The zero-order valence-corrected chi connectivity index (χ0v) is 14.4. The number of nitrogens with one attached hydrogen (secondary N) is 1. The molecule has 1 N–H and O–H groups in total. The number of benzene rings is 1. The highest BCUT2D eigenvalue weighted by Crippen LogP contribution is 2.29. The third-order valence-electron chi connectivity index (χ3n) is 2.63. The van der Waals surface area contributed by atoms with Gasteiger partial charge in [-0.25, -0.2) is 9.97 Å². The topological polar surface area (TPSA) is 54.9 Å². The first-order chi connectivity index (χ1) is 10.7. The molecule has 0 aliphatic heterocycles. The molecule has 0 bridgehead atoms. The van der Waals surface area contributed by atoms with Crippen molar-refractivity contribution in [3.8, 4) is 11.3 Å². The van der Waals surface area contributed by atoms with E-state index in [9.17, 15) is 4.79 Å². The van der Waals surface area contributed by atoms with Gasteiger partial charge in [-0.2, -0.15) is 0 Å². The Bertz CT molecular complexity index is 756. The summed E-state index contributed by atoms with van der Waals surface area (Å²) >= 11 is 10.2. The van der Waals surface area contributed by atoms with Crippen molar-refractivity contribution in [2.75, 3.05) is 11.1 Å². The van der Waals surface area contributed by atoms with Crippen LogP contribution in [-0.2, 0) is 4.79 Å². The van der Waals surface area contributed by atoms with E-state index in [1.165, 1.54) is 34.4 Å². The third-order valence-corrected chi connectivity index (χ3v) is 5.59. The molecule has 1 aromatic carbocycles. The lowest BCUT2D eigenvalue weighted by Gasteiger charge is -1.99. The van der Waals surface area contributed by atoms with Crippen LogP contribution in [0.2, 0.25) is 5.02 Å².